The largest absolute Gasteiger partial charge is 0.501 e. The van der Waals surface area contributed by atoms with Gasteiger partial charge in [0.25, 0.3) is 0 Å². The molecule has 0 aliphatic carbocycles. The highest BCUT2D eigenvalue weighted by molar-refractivity contribution is 7.83. The van der Waals surface area contributed by atoms with Gasteiger partial charge in [0.2, 0.25) is 28.7 Å². The van der Waals surface area contributed by atoms with E-state index >= 15 is 0 Å². The summed E-state index contributed by atoms with van der Waals surface area (Å²) >= 11 is 0. The van der Waals surface area contributed by atoms with Crippen molar-refractivity contribution in [3.8, 4) is 28.7 Å². The Balaban J connectivity index is 2.07. The van der Waals surface area contributed by atoms with Crippen molar-refractivity contribution in [2.45, 2.75) is 6.61 Å². The summed E-state index contributed by atoms with van der Waals surface area (Å²) in [5.74, 6) is -3.12. The lowest BCUT2D eigenvalue weighted by molar-refractivity contribution is 0.237. The Morgan fingerprint density at radius 3 is 1.41 bits per heavy atom. The molecule has 15 heteroatoms. The number of benzene rings is 1. The first-order valence-corrected chi connectivity index (χ1v) is 9.16. The normalized spacial score (nSPS) is 24.4. The van der Waals surface area contributed by atoms with Gasteiger partial charge in [-0.05, 0) is 0 Å². The van der Waals surface area contributed by atoms with E-state index in [0.29, 0.717) is 0 Å². The molecule has 0 radical (unpaired) electrons. The van der Waals surface area contributed by atoms with Gasteiger partial charge >= 0.3 is 31.2 Å². The van der Waals surface area contributed by atoms with Gasteiger partial charge in [-0.3, -0.25) is 0 Å². The van der Waals surface area contributed by atoms with Crippen molar-refractivity contribution in [1.29, 1.82) is 0 Å². The molecule has 3 heterocycles. The monoisotopic (exact) mass is 374 g/mol. The van der Waals surface area contributed by atoms with Crippen LogP contribution >= 0.6 is 0 Å². The number of rotatable bonds is 0. The summed E-state index contributed by atoms with van der Waals surface area (Å²) < 4.78 is 94.9. The fourth-order valence-corrected chi connectivity index (χ4v) is 4.13. The maximum absolute atomic E-state index is 11.4. The van der Waals surface area contributed by atoms with E-state index in [1.165, 1.54) is 0 Å². The average Bonchev–Trinajstić information content (AvgIpc) is 2.84. The molecule has 120 valence electrons. The smallest absolute Gasteiger partial charge is 0.357 e. The lowest BCUT2D eigenvalue weighted by Crippen LogP contribution is -2.20. The van der Waals surface area contributed by atoms with E-state index in [4.69, 9.17) is 0 Å². The molecule has 0 bridgehead atoms. The van der Waals surface area contributed by atoms with E-state index in [2.05, 4.69) is 25.1 Å². The second-order valence-corrected chi connectivity index (χ2v) is 7.55. The zero-order valence-electron chi connectivity index (χ0n) is 9.83. The predicted octanol–water partition coefficient (Wildman–Crippen LogP) is -1.13. The molecule has 0 spiro atoms. The molecule has 0 fully saturated rings. The van der Waals surface area contributed by atoms with Crippen LogP contribution in [0.25, 0.3) is 0 Å². The van der Waals surface area contributed by atoms with Gasteiger partial charge in [0.1, 0.15) is 6.61 Å². The average molecular weight is 374 g/mol. The first-order chi connectivity index (χ1) is 10.1. The van der Waals surface area contributed by atoms with Gasteiger partial charge in [-0.1, -0.05) is 0 Å². The number of fused-ring (bicyclic) bond motifs is 6. The zero-order chi connectivity index (χ0) is 15.9. The molecule has 3 aliphatic rings. The highest BCUT2D eigenvalue weighted by Crippen LogP contribution is 2.60. The quantitative estimate of drug-likeness (QED) is 0.539. The summed E-state index contributed by atoms with van der Waals surface area (Å²) in [7, 11) is -13.6. The van der Waals surface area contributed by atoms with Crippen LogP contribution in [0, 0.1) is 0 Å². The van der Waals surface area contributed by atoms with Crippen LogP contribution in [0.3, 0.4) is 0 Å². The van der Waals surface area contributed by atoms with Crippen molar-refractivity contribution < 1.29 is 50.4 Å². The van der Waals surface area contributed by atoms with Gasteiger partial charge in [0.05, 0.1) is 5.56 Å². The van der Waals surface area contributed by atoms with Crippen molar-refractivity contribution in [2.75, 3.05) is 0 Å². The SMILES string of the molecule is O=S1(=O)OCc2c3c(c4c(c2O1)OS(=O)(=O)O4)OS(=O)(=O)O3. The Bertz CT molecular complexity index is 1030. The topological polar surface area (TPSA) is 158 Å². The molecule has 1 aromatic rings. The zero-order valence-corrected chi connectivity index (χ0v) is 12.3. The Kier molecular flexibility index (Phi) is 2.28. The molecule has 0 saturated carbocycles. The second-order valence-electron chi connectivity index (χ2n) is 4.03. The van der Waals surface area contributed by atoms with Crippen molar-refractivity contribution in [3.63, 3.8) is 0 Å². The molecular weight excluding hydrogens is 372 g/mol. The van der Waals surface area contributed by atoms with E-state index in [-0.39, 0.29) is 5.56 Å². The highest BCUT2D eigenvalue weighted by Gasteiger charge is 2.48. The Morgan fingerprint density at radius 2 is 0.909 bits per heavy atom. The summed E-state index contributed by atoms with van der Waals surface area (Å²) in [5, 5.41) is 0. The minimum absolute atomic E-state index is 0.231. The number of hydrogen-bond acceptors (Lipinski definition) is 12. The third kappa shape index (κ3) is 1.86. The summed E-state index contributed by atoms with van der Waals surface area (Å²) in [6.07, 6.45) is 0. The molecule has 4 rings (SSSR count). The predicted molar refractivity (Wildman–Crippen MR) is 61.1 cm³/mol. The van der Waals surface area contributed by atoms with Crippen molar-refractivity contribution in [2.24, 2.45) is 0 Å². The van der Waals surface area contributed by atoms with Crippen LogP contribution in [0.2, 0.25) is 0 Å². The van der Waals surface area contributed by atoms with Gasteiger partial charge in [0.15, 0.2) is 0 Å². The van der Waals surface area contributed by atoms with E-state index in [1.807, 2.05) is 0 Å². The third-order valence-electron chi connectivity index (χ3n) is 2.65. The maximum Gasteiger partial charge on any atom is 0.501 e. The highest BCUT2D eigenvalue weighted by atomic mass is 32.3. The van der Waals surface area contributed by atoms with Crippen LogP contribution in [0.15, 0.2) is 0 Å². The Hall–Kier alpha value is -1.97. The van der Waals surface area contributed by atoms with Crippen molar-refractivity contribution in [3.05, 3.63) is 5.56 Å². The fraction of sp³-hybridized carbons (Fsp3) is 0.143. The van der Waals surface area contributed by atoms with Crippen molar-refractivity contribution in [1.82, 2.24) is 0 Å². The standard InChI is InChI=1S/C7H2O12S3/c8-20(9)14-1-2-3(15-20)5-7(19-22(12,13)18-5)6-4(2)16-21(10,11)17-6/h1H2. The van der Waals surface area contributed by atoms with Gasteiger partial charge < -0.3 is 20.9 Å². The lowest BCUT2D eigenvalue weighted by atomic mass is 10.1. The molecule has 0 amide bonds. The van der Waals surface area contributed by atoms with Crippen LogP contribution in [0.4, 0.5) is 0 Å². The molecule has 0 atom stereocenters. The minimum atomic E-state index is -4.58. The van der Waals surface area contributed by atoms with Gasteiger partial charge in [-0.25, -0.2) is 4.18 Å². The van der Waals surface area contributed by atoms with E-state index in [1.54, 1.807) is 0 Å². The summed E-state index contributed by atoms with van der Waals surface area (Å²) in [6.45, 7) is -0.685. The molecule has 22 heavy (non-hydrogen) atoms. The first kappa shape index (κ1) is 13.7. The minimum Gasteiger partial charge on any atom is -0.357 e. The van der Waals surface area contributed by atoms with Crippen LogP contribution < -0.4 is 20.9 Å². The molecule has 3 aliphatic heterocycles. The first-order valence-electron chi connectivity index (χ1n) is 5.16. The summed E-state index contributed by atoms with van der Waals surface area (Å²) in [6, 6.07) is 0. The van der Waals surface area contributed by atoms with Crippen LogP contribution in [-0.2, 0) is 42.0 Å². The summed E-state index contributed by atoms with van der Waals surface area (Å²) in [5.41, 5.74) is -0.231. The van der Waals surface area contributed by atoms with Crippen LogP contribution in [0.1, 0.15) is 5.56 Å². The number of hydrogen-bond donors (Lipinski definition) is 0. The van der Waals surface area contributed by atoms with Crippen LogP contribution in [-0.4, -0.2) is 25.3 Å². The van der Waals surface area contributed by atoms with Gasteiger partial charge in [0, 0.05) is 0 Å². The molecule has 12 nitrogen and oxygen atoms in total. The van der Waals surface area contributed by atoms with E-state index in [9.17, 15) is 25.3 Å². The second kappa shape index (κ2) is 3.67. The molecule has 0 N–H and O–H groups in total. The van der Waals surface area contributed by atoms with Crippen molar-refractivity contribution >= 4 is 31.2 Å². The van der Waals surface area contributed by atoms with Gasteiger partial charge in [-0.2, -0.15) is 8.42 Å². The maximum atomic E-state index is 11.4. The van der Waals surface area contributed by atoms with E-state index < -0.39 is 66.6 Å². The summed E-state index contributed by atoms with van der Waals surface area (Å²) in [4.78, 5) is 0. The molecule has 0 unspecified atom stereocenters. The third-order valence-corrected chi connectivity index (χ3v) is 4.91. The molecular formula is C7H2O12S3. The fourth-order valence-electron chi connectivity index (χ4n) is 1.92. The van der Waals surface area contributed by atoms with E-state index in [0.717, 1.165) is 0 Å². The molecule has 1 aromatic carbocycles. The Morgan fingerprint density at radius 1 is 0.545 bits per heavy atom. The Labute approximate surface area is 123 Å². The van der Waals surface area contributed by atoms with Crippen LogP contribution in [0.5, 0.6) is 28.7 Å². The molecule has 0 aromatic heterocycles. The lowest BCUT2D eigenvalue weighted by Gasteiger charge is -2.18. The van der Waals surface area contributed by atoms with Gasteiger partial charge in [-0.15, -0.1) is 16.8 Å². The molecule has 0 saturated heterocycles.